The third kappa shape index (κ3) is 4.61. The number of hydrogen-bond acceptors (Lipinski definition) is 0. The van der Waals surface area contributed by atoms with Crippen LogP contribution in [-0.2, 0) is 0 Å². The van der Waals surface area contributed by atoms with Crippen LogP contribution in [0.15, 0.2) is 194 Å². The van der Waals surface area contributed by atoms with Gasteiger partial charge in [0.15, 0.2) is 0 Å². The lowest BCUT2D eigenvalue weighted by Crippen LogP contribution is -1.93. The highest BCUT2D eigenvalue weighted by atomic mass is 14.2. The number of fused-ring (bicyclic) bond motifs is 5. The summed E-state index contributed by atoms with van der Waals surface area (Å²) >= 11 is 0. The molecule has 0 nitrogen and oxygen atoms in total. The van der Waals surface area contributed by atoms with E-state index in [1.165, 1.54) is 0 Å². The summed E-state index contributed by atoms with van der Waals surface area (Å²) in [5.41, 5.74) is 4.94. The second kappa shape index (κ2) is 11.6. The van der Waals surface area contributed by atoms with Gasteiger partial charge in [-0.15, -0.1) is 0 Å². The van der Waals surface area contributed by atoms with Gasteiger partial charge in [0, 0.05) is 0 Å². The first-order chi connectivity index (χ1) is 27.7. The van der Waals surface area contributed by atoms with Crippen LogP contribution in [0.25, 0.3) is 98.4 Å². The minimum atomic E-state index is -0.389. The molecule has 10 aromatic carbocycles. The third-order valence-corrected chi connectivity index (χ3v) is 9.85. The van der Waals surface area contributed by atoms with E-state index in [1.54, 1.807) is 0 Å². The van der Waals surface area contributed by atoms with E-state index in [0.29, 0.717) is 44.2 Å². The number of benzene rings is 10. The number of hydrogen-bond donors (Lipinski definition) is 0. The van der Waals surface area contributed by atoms with Crippen molar-refractivity contribution in [2.75, 3.05) is 0 Å². The van der Waals surface area contributed by atoms with Crippen molar-refractivity contribution in [1.29, 1.82) is 0 Å². The molecular weight excluding hydrogens is 601 g/mol. The largest absolute Gasteiger partial charge is 0.0636 e. The maximum absolute atomic E-state index is 10.2. The van der Waals surface area contributed by atoms with Gasteiger partial charge >= 0.3 is 0 Å². The Morgan fingerprint density at radius 1 is 0.300 bits per heavy atom. The molecule has 0 spiro atoms. The molecule has 0 unspecified atom stereocenters. The van der Waals surface area contributed by atoms with Crippen molar-refractivity contribution in [2.24, 2.45) is 0 Å². The van der Waals surface area contributed by atoms with Crippen molar-refractivity contribution < 1.29 is 9.60 Å². The van der Waals surface area contributed by atoms with Gasteiger partial charge in [-0.05, 0) is 117 Å². The summed E-state index contributed by atoms with van der Waals surface area (Å²) in [5, 5.41) is 6.90. The van der Waals surface area contributed by atoms with Crippen LogP contribution in [0.1, 0.15) is 9.60 Å². The fraction of sp³-hybridized carbons (Fsp3) is 0. The monoisotopic (exact) mass is 639 g/mol. The Morgan fingerprint density at radius 2 is 0.860 bits per heavy atom. The summed E-state index contributed by atoms with van der Waals surface area (Å²) in [6.07, 6.45) is 0. The van der Waals surface area contributed by atoms with Gasteiger partial charge in [-0.25, -0.2) is 0 Å². The molecule has 0 atom stereocenters. The fourth-order valence-electron chi connectivity index (χ4n) is 7.52. The lowest BCUT2D eigenvalue weighted by Gasteiger charge is -2.20. The minimum Gasteiger partial charge on any atom is -0.0616 e. The zero-order valence-corrected chi connectivity index (χ0v) is 26.9. The van der Waals surface area contributed by atoms with E-state index in [2.05, 4.69) is 30.3 Å². The van der Waals surface area contributed by atoms with Crippen LogP contribution < -0.4 is 0 Å². The van der Waals surface area contributed by atoms with Gasteiger partial charge in [0.25, 0.3) is 0 Å². The molecule has 10 rings (SSSR count). The summed E-state index contributed by atoms with van der Waals surface area (Å²) in [7, 11) is 0. The zero-order chi connectivity index (χ0) is 39.1. The molecule has 0 aliphatic carbocycles. The minimum absolute atomic E-state index is 0.0178. The molecule has 0 aliphatic rings. The van der Waals surface area contributed by atoms with Crippen LogP contribution >= 0.6 is 0 Å². The van der Waals surface area contributed by atoms with Crippen LogP contribution in [0.5, 0.6) is 0 Å². The van der Waals surface area contributed by atoms with E-state index in [4.69, 9.17) is 2.74 Å². The summed E-state index contributed by atoms with van der Waals surface area (Å²) < 4.78 is 66.8. The summed E-state index contributed by atoms with van der Waals surface area (Å²) in [5.74, 6) is 0. The first-order valence-electron chi connectivity index (χ1n) is 20.3. The van der Waals surface area contributed by atoms with E-state index < -0.39 is 0 Å². The molecule has 0 radical (unpaired) electrons. The van der Waals surface area contributed by atoms with Gasteiger partial charge in [-0.3, -0.25) is 0 Å². The maximum Gasteiger partial charge on any atom is 0.0636 e. The van der Waals surface area contributed by atoms with Crippen molar-refractivity contribution in [3.05, 3.63) is 194 Å². The normalized spacial score (nSPS) is 13.6. The fourth-order valence-corrected chi connectivity index (χ4v) is 7.52. The lowest BCUT2D eigenvalue weighted by molar-refractivity contribution is 1.62. The van der Waals surface area contributed by atoms with Crippen molar-refractivity contribution in [1.82, 2.24) is 0 Å². The molecule has 0 heterocycles. The molecule has 50 heavy (non-hydrogen) atoms. The number of rotatable bonds is 4. The van der Waals surface area contributed by atoms with Crippen LogP contribution in [-0.4, -0.2) is 0 Å². The lowest BCUT2D eigenvalue weighted by atomic mass is 9.83. The van der Waals surface area contributed by atoms with Crippen molar-refractivity contribution in [2.45, 2.75) is 0 Å². The highest BCUT2D eigenvalue weighted by Gasteiger charge is 2.19. The highest BCUT2D eigenvalue weighted by Crippen LogP contribution is 2.47. The Bertz CT molecular complexity index is 3320. The molecule has 0 bridgehead atoms. The van der Waals surface area contributed by atoms with Crippen LogP contribution in [0.4, 0.5) is 0 Å². The Balaban J connectivity index is 1.44. The molecular formula is C50H32. The Morgan fingerprint density at radius 3 is 1.64 bits per heavy atom. The highest BCUT2D eigenvalue weighted by molar-refractivity contribution is 6.24. The van der Waals surface area contributed by atoms with Crippen molar-refractivity contribution >= 4 is 53.9 Å². The maximum atomic E-state index is 10.2. The van der Waals surface area contributed by atoms with Gasteiger partial charge in [-0.2, -0.15) is 0 Å². The Hall–Kier alpha value is -6.50. The second-order valence-corrected chi connectivity index (χ2v) is 12.7. The molecule has 10 aromatic rings. The molecule has 232 valence electrons. The summed E-state index contributed by atoms with van der Waals surface area (Å²) in [6, 6.07) is 48.0. The van der Waals surface area contributed by atoms with Gasteiger partial charge < -0.3 is 0 Å². The average molecular weight is 640 g/mol. The first kappa shape index (κ1) is 22.2. The van der Waals surface area contributed by atoms with Gasteiger partial charge in [0.1, 0.15) is 0 Å². The second-order valence-electron chi connectivity index (χ2n) is 12.7. The van der Waals surface area contributed by atoms with E-state index in [-0.39, 0.29) is 53.1 Å². The Kier molecular flexibility index (Phi) is 5.14. The standard InChI is InChI=1S/C50H32/c1-2-15-36-30-38(27-26-33(36)12-1)37-18-9-19-40(31-37)49-45-22-7-8-23-46(45)50(44-25-11-17-35-14-4-6-21-42(35)44)47-29-28-39(32-48(47)49)43-24-10-16-34-13-3-5-20-41(34)43/h1-32H/i7D,8D,22D,23D,28D,29D,32D. The third-order valence-electron chi connectivity index (χ3n) is 9.85. The average Bonchev–Trinajstić information content (AvgIpc) is 3.25. The topological polar surface area (TPSA) is 0 Å². The molecule has 0 saturated carbocycles. The summed E-state index contributed by atoms with van der Waals surface area (Å²) in [4.78, 5) is 0. The van der Waals surface area contributed by atoms with Gasteiger partial charge in [-0.1, -0.05) is 176 Å². The van der Waals surface area contributed by atoms with E-state index in [1.807, 2.05) is 121 Å². The predicted molar refractivity (Wildman–Crippen MR) is 216 cm³/mol. The van der Waals surface area contributed by atoms with Crippen LogP contribution in [0.2, 0.25) is 0 Å². The molecule has 0 aromatic heterocycles. The van der Waals surface area contributed by atoms with E-state index in [9.17, 15) is 6.85 Å². The molecule has 0 aliphatic heterocycles. The molecule has 0 heteroatoms. The van der Waals surface area contributed by atoms with Gasteiger partial charge in [0.2, 0.25) is 0 Å². The van der Waals surface area contributed by atoms with Gasteiger partial charge in [0.05, 0.1) is 9.60 Å². The molecule has 0 saturated heterocycles. The zero-order valence-electron chi connectivity index (χ0n) is 33.9. The smallest absolute Gasteiger partial charge is 0.0616 e. The molecule has 0 N–H and O–H groups in total. The molecule has 0 fully saturated rings. The van der Waals surface area contributed by atoms with Crippen LogP contribution in [0.3, 0.4) is 0 Å². The predicted octanol–water partition coefficient (Wildman–Crippen LogP) is 14.1. The SMILES string of the molecule is [2H]c1c([2H])c([2H])c2c(-c3cccc4ccccc34)c3c([2H])c([2H])c(-c4cccc5ccccc45)c([2H])c3c(-c3cccc(-c4ccc5ccccc5c4)c3)c2c1[2H]. The van der Waals surface area contributed by atoms with E-state index in [0.717, 1.165) is 43.4 Å². The van der Waals surface area contributed by atoms with Crippen LogP contribution in [0, 0.1) is 0 Å². The van der Waals surface area contributed by atoms with Crippen molar-refractivity contribution in [3.63, 3.8) is 0 Å². The summed E-state index contributed by atoms with van der Waals surface area (Å²) in [6.45, 7) is 0. The van der Waals surface area contributed by atoms with Crippen molar-refractivity contribution in [3.8, 4) is 44.5 Å². The first-order valence-corrected chi connectivity index (χ1v) is 16.8. The van der Waals surface area contributed by atoms with E-state index >= 15 is 0 Å². The quantitative estimate of drug-likeness (QED) is 0.168. The Labute approximate surface area is 301 Å². The molecule has 0 amide bonds.